The van der Waals surface area contributed by atoms with E-state index in [9.17, 15) is 0 Å². The first kappa shape index (κ1) is 65.6. The van der Waals surface area contributed by atoms with Gasteiger partial charge in [0.25, 0.3) is 0 Å². The summed E-state index contributed by atoms with van der Waals surface area (Å²) in [5.41, 5.74) is 31.9. The molecule has 0 fully saturated rings. The van der Waals surface area contributed by atoms with Gasteiger partial charge >= 0.3 is 0 Å². The fourth-order valence-corrected chi connectivity index (χ4v) is 17.1. The third-order valence-corrected chi connectivity index (χ3v) is 22.9. The van der Waals surface area contributed by atoms with Crippen molar-refractivity contribution in [2.45, 2.75) is 38.5 Å². The van der Waals surface area contributed by atoms with Crippen LogP contribution in [0.4, 0.5) is 0 Å². The first-order chi connectivity index (χ1) is 54.0. The van der Waals surface area contributed by atoms with Gasteiger partial charge in [-0.1, -0.05) is 380 Å². The summed E-state index contributed by atoms with van der Waals surface area (Å²) in [5.74, 6) is 3.65. The molecule has 0 spiro atoms. The summed E-state index contributed by atoms with van der Waals surface area (Å²) in [4.78, 5) is 31.9. The zero-order valence-electron chi connectivity index (χ0n) is 61.3. The van der Waals surface area contributed by atoms with Crippen LogP contribution in [0.2, 0.25) is 0 Å². The van der Waals surface area contributed by atoms with E-state index in [0.717, 1.165) is 111 Å². The van der Waals surface area contributed by atoms with Crippen LogP contribution in [0.3, 0.4) is 0 Å². The number of hydrogen-bond donors (Lipinski definition) is 0. The summed E-state index contributed by atoms with van der Waals surface area (Å²) < 4.78 is 0. The van der Waals surface area contributed by atoms with Crippen LogP contribution in [0.25, 0.3) is 190 Å². The minimum absolute atomic E-state index is 0.117. The van der Waals surface area contributed by atoms with E-state index >= 15 is 0 Å². The van der Waals surface area contributed by atoms with Crippen LogP contribution < -0.4 is 0 Å². The molecule has 2 aromatic heterocycles. The maximum atomic E-state index is 5.36. The monoisotopic (exact) mass is 1400 g/mol. The second-order valence-electron chi connectivity index (χ2n) is 30.1. The van der Waals surface area contributed by atoms with Gasteiger partial charge in [-0.25, -0.2) is 29.9 Å². The van der Waals surface area contributed by atoms with Crippen molar-refractivity contribution in [2.75, 3.05) is 0 Å². The lowest BCUT2D eigenvalue weighted by Gasteiger charge is -2.22. The quantitative estimate of drug-likeness (QED) is 0.114. The van der Waals surface area contributed by atoms with E-state index in [-0.39, 0.29) is 10.8 Å². The zero-order chi connectivity index (χ0) is 73.6. The molecule has 6 nitrogen and oxygen atoms in total. The maximum absolute atomic E-state index is 5.36. The van der Waals surface area contributed by atoms with Gasteiger partial charge in [0.2, 0.25) is 0 Å². The molecule has 110 heavy (non-hydrogen) atoms. The van der Waals surface area contributed by atoms with Crippen LogP contribution in [-0.2, 0) is 10.8 Å². The molecule has 0 aliphatic heterocycles. The van der Waals surface area contributed by atoms with Gasteiger partial charge < -0.3 is 0 Å². The maximum Gasteiger partial charge on any atom is 0.164 e. The molecule has 518 valence electrons. The molecule has 0 radical (unpaired) electrons. The van der Waals surface area contributed by atoms with Crippen molar-refractivity contribution in [3.63, 3.8) is 0 Å². The molecule has 0 saturated heterocycles. The van der Waals surface area contributed by atoms with Crippen molar-refractivity contribution in [3.05, 3.63) is 386 Å². The lowest BCUT2D eigenvalue weighted by atomic mass is 9.81. The van der Waals surface area contributed by atoms with E-state index in [1.54, 1.807) is 0 Å². The SMILES string of the molecule is CC1(C)c2ccccc2-c2ccc(-c3cccc4c(-c5nc(-c6ccc(-c7ccccc7)cc6)nc(-c6ccc(-c7ccc(-c8cccc(-c9ccc(-c%10nc(-c%11ccc(-c%12ccccc%12)cc%11)nc(-c%11cccc%12c(-c%13cccc%14c%13-c%13ccccc%13C%14(C)C)cccc%11%12)n%10)cc9)c8)cc7)cc6)n5)cccc34)cc21. The first-order valence-corrected chi connectivity index (χ1v) is 37.8. The predicted molar refractivity (Wildman–Crippen MR) is 454 cm³/mol. The van der Waals surface area contributed by atoms with Crippen molar-refractivity contribution in [3.8, 4) is 168 Å². The Labute approximate surface area is 640 Å². The predicted octanol–water partition coefficient (Wildman–Crippen LogP) is 26.6. The fourth-order valence-electron chi connectivity index (χ4n) is 17.1. The molecular weight excluding hydrogens is 1330 g/mol. The zero-order valence-corrected chi connectivity index (χ0v) is 61.3. The highest BCUT2D eigenvalue weighted by Gasteiger charge is 2.38. The third-order valence-electron chi connectivity index (χ3n) is 22.9. The van der Waals surface area contributed by atoms with Gasteiger partial charge in [0.15, 0.2) is 34.9 Å². The topological polar surface area (TPSA) is 77.3 Å². The average Bonchev–Trinajstić information content (AvgIpc) is 1.56. The van der Waals surface area contributed by atoms with Crippen LogP contribution in [0, 0.1) is 0 Å². The summed E-state index contributed by atoms with van der Waals surface area (Å²) in [5, 5.41) is 4.44. The highest BCUT2D eigenvalue weighted by atomic mass is 15.0. The Morgan fingerprint density at radius 3 is 0.891 bits per heavy atom. The van der Waals surface area contributed by atoms with E-state index in [0.29, 0.717) is 34.9 Å². The number of fused-ring (bicyclic) bond motifs is 8. The molecule has 0 N–H and O–H groups in total. The lowest BCUT2D eigenvalue weighted by Crippen LogP contribution is -2.14. The molecule has 2 aliphatic rings. The Bertz CT molecular complexity index is 6640. The number of hydrogen-bond acceptors (Lipinski definition) is 6. The molecule has 6 heteroatoms. The fraction of sp³-hybridized carbons (Fsp3) is 0.0577. The summed E-state index contributed by atoms with van der Waals surface area (Å²) >= 11 is 0. The Balaban J connectivity index is 0.595. The molecular formula is C104H72N6. The van der Waals surface area contributed by atoms with Crippen molar-refractivity contribution in [1.82, 2.24) is 29.9 Å². The van der Waals surface area contributed by atoms with E-state index < -0.39 is 0 Å². The van der Waals surface area contributed by atoms with E-state index in [2.05, 4.69) is 380 Å². The second kappa shape index (κ2) is 26.5. The molecule has 0 bridgehead atoms. The summed E-state index contributed by atoms with van der Waals surface area (Å²) in [6, 6.07) is 131. The number of nitrogens with zero attached hydrogens (tertiary/aromatic N) is 6. The van der Waals surface area contributed by atoms with Crippen LogP contribution in [0.1, 0.15) is 49.9 Å². The number of aromatic nitrogens is 6. The summed E-state index contributed by atoms with van der Waals surface area (Å²) in [7, 11) is 0. The van der Waals surface area contributed by atoms with Gasteiger partial charge in [0, 0.05) is 44.2 Å². The van der Waals surface area contributed by atoms with Crippen LogP contribution in [-0.4, -0.2) is 29.9 Å². The highest BCUT2D eigenvalue weighted by molar-refractivity contribution is 6.08. The standard InChI is InChI=1S/C104H72N6/c1-103(2)93-39-14-12-28-91(93)96-88(35-20-40-94(96)103)83-32-17-34-85-82(83)31-19-37-90(85)102-109-98(74-55-47-68(48-56-74)66-23-9-6-10-24-66)106-100(110-102)76-59-51-72(52-60-76)78-26-15-25-77(63-78)71-43-41-69(42-44-71)70-49-57-75(58-50-70)99-105-97(73-53-45-67(46-54-73)65-21-7-5-8-22-65)107-101(108-99)89-36-18-30-81-80(29-16-33-84(81)89)79-61-62-87-86-27-11-13-38-92(86)104(3,4)95(87)64-79/h5-64H,1-4H3. The molecule has 0 amide bonds. The second-order valence-corrected chi connectivity index (χ2v) is 30.1. The van der Waals surface area contributed by atoms with Gasteiger partial charge in [-0.15, -0.1) is 0 Å². The Morgan fingerprint density at radius 1 is 0.155 bits per heavy atom. The molecule has 16 aromatic carbocycles. The Kier molecular flexibility index (Phi) is 15.8. The van der Waals surface area contributed by atoms with Crippen molar-refractivity contribution < 1.29 is 0 Å². The van der Waals surface area contributed by atoms with Crippen LogP contribution >= 0.6 is 0 Å². The molecule has 0 saturated carbocycles. The normalized spacial score (nSPS) is 12.9. The molecule has 18 aromatic rings. The molecule has 0 unspecified atom stereocenters. The van der Waals surface area contributed by atoms with E-state index in [4.69, 9.17) is 29.9 Å². The number of rotatable bonds is 13. The summed E-state index contributed by atoms with van der Waals surface area (Å²) in [6.45, 7) is 9.37. The van der Waals surface area contributed by atoms with Crippen molar-refractivity contribution in [2.24, 2.45) is 0 Å². The lowest BCUT2D eigenvalue weighted by molar-refractivity contribution is 0.660. The molecule has 0 atom stereocenters. The van der Waals surface area contributed by atoms with Crippen molar-refractivity contribution in [1.29, 1.82) is 0 Å². The van der Waals surface area contributed by atoms with Crippen LogP contribution in [0.15, 0.2) is 364 Å². The van der Waals surface area contributed by atoms with Gasteiger partial charge in [0.1, 0.15) is 0 Å². The minimum atomic E-state index is -0.117. The largest absolute Gasteiger partial charge is 0.208 e. The van der Waals surface area contributed by atoms with E-state index in [1.165, 1.54) is 66.8 Å². The van der Waals surface area contributed by atoms with Gasteiger partial charge in [0.05, 0.1) is 0 Å². The van der Waals surface area contributed by atoms with Gasteiger partial charge in [-0.3, -0.25) is 0 Å². The molecule has 2 heterocycles. The molecule has 2 aliphatic carbocycles. The third kappa shape index (κ3) is 11.4. The molecule has 20 rings (SSSR count). The Hall–Kier alpha value is -13.9. The van der Waals surface area contributed by atoms with E-state index in [1.807, 2.05) is 12.1 Å². The van der Waals surface area contributed by atoms with Crippen LogP contribution in [0.5, 0.6) is 0 Å². The highest BCUT2D eigenvalue weighted by Crippen LogP contribution is 2.54. The number of benzene rings is 16. The first-order valence-electron chi connectivity index (χ1n) is 37.8. The van der Waals surface area contributed by atoms with Gasteiger partial charge in [-0.2, -0.15) is 0 Å². The smallest absolute Gasteiger partial charge is 0.164 e. The minimum Gasteiger partial charge on any atom is -0.208 e. The van der Waals surface area contributed by atoms with Gasteiger partial charge in [-0.05, 0) is 156 Å². The Morgan fingerprint density at radius 2 is 0.427 bits per heavy atom. The average molecular weight is 1410 g/mol. The summed E-state index contributed by atoms with van der Waals surface area (Å²) in [6.07, 6.45) is 0. The van der Waals surface area contributed by atoms with Crippen molar-refractivity contribution >= 4 is 21.5 Å².